The lowest BCUT2D eigenvalue weighted by Gasteiger charge is -2.36. The molecule has 0 aliphatic heterocycles. The molecule has 0 spiro atoms. The number of nitrogens with zero attached hydrogens (tertiary/aromatic N) is 1. The maximum atomic E-state index is 2.46. The maximum Gasteiger partial charge on any atom is 0.0366 e. The fourth-order valence-corrected chi connectivity index (χ4v) is 3.29. The molecule has 0 aromatic rings. The minimum Gasteiger partial charge on any atom is -0.302 e. The second-order valence-corrected chi connectivity index (χ2v) is 5.49. The molecule has 1 nitrogen and oxygen atoms in total. The Hall–Kier alpha value is -0.560. The summed E-state index contributed by atoms with van der Waals surface area (Å²) < 4.78 is 0. The van der Waals surface area contributed by atoms with E-state index in [0.29, 0.717) is 6.04 Å². The van der Waals surface area contributed by atoms with Crippen LogP contribution in [0.5, 0.6) is 0 Å². The summed E-state index contributed by atoms with van der Waals surface area (Å²) in [6.07, 6.45) is 16.8. The summed E-state index contributed by atoms with van der Waals surface area (Å²) in [5.41, 5.74) is 1.57. The molecule has 0 aromatic heterocycles. The second kappa shape index (κ2) is 5.67. The molecule has 0 aromatic carbocycles. The van der Waals surface area contributed by atoms with Gasteiger partial charge in [-0.1, -0.05) is 37.5 Å². The molecule has 1 fully saturated rings. The van der Waals surface area contributed by atoms with Gasteiger partial charge in [0.25, 0.3) is 0 Å². The molecule has 2 aliphatic rings. The van der Waals surface area contributed by atoms with Crippen molar-refractivity contribution in [1.82, 2.24) is 4.90 Å². The fraction of sp³-hybridized carbons (Fsp3) is 0.733. The SMILES string of the molecule is CN(C)C(C1=CCCC=C1)C1CCCCC1. The largest absolute Gasteiger partial charge is 0.302 e. The Bertz CT molecular complexity index is 269. The molecule has 0 bridgehead atoms. The van der Waals surface area contributed by atoms with Gasteiger partial charge in [-0.05, 0) is 51.3 Å². The van der Waals surface area contributed by atoms with Crippen LogP contribution in [-0.2, 0) is 0 Å². The van der Waals surface area contributed by atoms with Crippen molar-refractivity contribution in [3.8, 4) is 0 Å². The molecule has 0 radical (unpaired) electrons. The van der Waals surface area contributed by atoms with Gasteiger partial charge in [0.15, 0.2) is 0 Å². The van der Waals surface area contributed by atoms with Crippen molar-refractivity contribution < 1.29 is 0 Å². The van der Waals surface area contributed by atoms with E-state index in [1.165, 1.54) is 44.9 Å². The standard InChI is InChI=1S/C15H25N/c1-16(2)15(13-9-5-3-6-10-13)14-11-7-4-8-12-14/h5,9-10,14-15H,3-4,6-8,11-12H2,1-2H3. The molecule has 0 amide bonds. The third-order valence-corrected chi connectivity index (χ3v) is 4.02. The Labute approximate surface area is 100 Å². The molecular formula is C15H25N. The quantitative estimate of drug-likeness (QED) is 0.698. The van der Waals surface area contributed by atoms with Gasteiger partial charge >= 0.3 is 0 Å². The smallest absolute Gasteiger partial charge is 0.0366 e. The Morgan fingerprint density at radius 2 is 1.88 bits per heavy atom. The Morgan fingerprint density at radius 3 is 2.44 bits per heavy atom. The Kier molecular flexibility index (Phi) is 4.22. The van der Waals surface area contributed by atoms with Crippen LogP contribution in [0.3, 0.4) is 0 Å². The first-order valence-electron chi connectivity index (χ1n) is 6.82. The van der Waals surface area contributed by atoms with Crippen LogP contribution < -0.4 is 0 Å². The average molecular weight is 219 g/mol. The summed E-state index contributed by atoms with van der Waals surface area (Å²) in [6, 6.07) is 0.664. The Balaban J connectivity index is 2.09. The topological polar surface area (TPSA) is 3.24 Å². The van der Waals surface area contributed by atoms with Crippen molar-refractivity contribution in [2.24, 2.45) is 5.92 Å². The van der Waals surface area contributed by atoms with E-state index in [2.05, 4.69) is 37.2 Å². The van der Waals surface area contributed by atoms with Crippen LogP contribution >= 0.6 is 0 Å². The lowest BCUT2D eigenvalue weighted by Crippen LogP contribution is -2.37. The lowest BCUT2D eigenvalue weighted by molar-refractivity contribution is 0.200. The van der Waals surface area contributed by atoms with Gasteiger partial charge < -0.3 is 4.90 Å². The zero-order valence-electron chi connectivity index (χ0n) is 10.8. The van der Waals surface area contributed by atoms with Crippen molar-refractivity contribution in [3.63, 3.8) is 0 Å². The monoisotopic (exact) mass is 219 g/mol. The molecule has 16 heavy (non-hydrogen) atoms. The number of allylic oxidation sites excluding steroid dienone is 2. The van der Waals surface area contributed by atoms with E-state index in [4.69, 9.17) is 0 Å². The molecular weight excluding hydrogens is 194 g/mol. The Morgan fingerprint density at radius 1 is 1.12 bits per heavy atom. The molecule has 1 unspecified atom stereocenters. The lowest BCUT2D eigenvalue weighted by atomic mass is 9.79. The van der Waals surface area contributed by atoms with Crippen LogP contribution in [-0.4, -0.2) is 25.0 Å². The van der Waals surface area contributed by atoms with Gasteiger partial charge in [-0.15, -0.1) is 0 Å². The average Bonchev–Trinajstić information content (AvgIpc) is 2.31. The molecule has 0 heterocycles. The van der Waals surface area contributed by atoms with Crippen LogP contribution in [0.1, 0.15) is 44.9 Å². The van der Waals surface area contributed by atoms with Gasteiger partial charge in [0.2, 0.25) is 0 Å². The molecule has 2 aliphatic carbocycles. The van der Waals surface area contributed by atoms with E-state index in [9.17, 15) is 0 Å². The van der Waals surface area contributed by atoms with Crippen molar-refractivity contribution in [2.45, 2.75) is 51.0 Å². The highest BCUT2D eigenvalue weighted by Crippen LogP contribution is 2.33. The van der Waals surface area contributed by atoms with Crippen molar-refractivity contribution >= 4 is 0 Å². The predicted octanol–water partition coefficient (Wildman–Crippen LogP) is 3.77. The van der Waals surface area contributed by atoms with Gasteiger partial charge in [0.1, 0.15) is 0 Å². The van der Waals surface area contributed by atoms with Gasteiger partial charge in [0, 0.05) is 6.04 Å². The van der Waals surface area contributed by atoms with E-state index >= 15 is 0 Å². The highest BCUT2D eigenvalue weighted by atomic mass is 15.1. The van der Waals surface area contributed by atoms with Crippen LogP contribution in [0.4, 0.5) is 0 Å². The summed E-state index contributed by atoms with van der Waals surface area (Å²) >= 11 is 0. The van der Waals surface area contributed by atoms with Gasteiger partial charge in [-0.2, -0.15) is 0 Å². The highest BCUT2D eigenvalue weighted by Gasteiger charge is 2.27. The van der Waals surface area contributed by atoms with Crippen molar-refractivity contribution in [2.75, 3.05) is 14.1 Å². The number of rotatable bonds is 3. The third kappa shape index (κ3) is 2.76. The first kappa shape index (κ1) is 11.9. The van der Waals surface area contributed by atoms with E-state index in [-0.39, 0.29) is 0 Å². The van der Waals surface area contributed by atoms with Crippen molar-refractivity contribution in [1.29, 1.82) is 0 Å². The van der Waals surface area contributed by atoms with E-state index in [1.54, 1.807) is 5.57 Å². The molecule has 1 heteroatoms. The van der Waals surface area contributed by atoms with E-state index < -0.39 is 0 Å². The van der Waals surface area contributed by atoms with Gasteiger partial charge in [-0.25, -0.2) is 0 Å². The van der Waals surface area contributed by atoms with Gasteiger partial charge in [0.05, 0.1) is 0 Å². The molecule has 1 atom stereocenters. The fourth-order valence-electron chi connectivity index (χ4n) is 3.29. The molecule has 90 valence electrons. The first-order chi connectivity index (χ1) is 7.79. The number of hydrogen-bond acceptors (Lipinski definition) is 1. The number of likely N-dealkylation sites (N-methyl/N-ethyl adjacent to an activating group) is 1. The second-order valence-electron chi connectivity index (χ2n) is 5.49. The third-order valence-electron chi connectivity index (χ3n) is 4.02. The number of hydrogen-bond donors (Lipinski definition) is 0. The van der Waals surface area contributed by atoms with Crippen LogP contribution in [0.15, 0.2) is 23.8 Å². The highest BCUT2D eigenvalue weighted by molar-refractivity contribution is 5.28. The summed E-state index contributed by atoms with van der Waals surface area (Å²) in [5.74, 6) is 0.887. The summed E-state index contributed by atoms with van der Waals surface area (Å²) in [5, 5.41) is 0. The molecule has 2 rings (SSSR count). The zero-order valence-corrected chi connectivity index (χ0v) is 10.8. The predicted molar refractivity (Wildman–Crippen MR) is 70.5 cm³/mol. The molecule has 1 saturated carbocycles. The maximum absolute atomic E-state index is 2.46. The summed E-state index contributed by atoms with van der Waals surface area (Å²) in [7, 11) is 4.48. The van der Waals surface area contributed by atoms with E-state index in [1.807, 2.05) is 0 Å². The minimum absolute atomic E-state index is 0.664. The minimum atomic E-state index is 0.664. The summed E-state index contributed by atoms with van der Waals surface area (Å²) in [6.45, 7) is 0. The first-order valence-corrected chi connectivity index (χ1v) is 6.82. The van der Waals surface area contributed by atoms with E-state index in [0.717, 1.165) is 5.92 Å². The van der Waals surface area contributed by atoms with Crippen molar-refractivity contribution in [3.05, 3.63) is 23.8 Å². The molecule has 0 N–H and O–H groups in total. The normalized spacial score (nSPS) is 24.6. The van der Waals surface area contributed by atoms with Crippen LogP contribution in [0, 0.1) is 5.92 Å². The van der Waals surface area contributed by atoms with Crippen LogP contribution in [0.25, 0.3) is 0 Å². The molecule has 0 saturated heterocycles. The summed E-state index contributed by atoms with van der Waals surface area (Å²) in [4.78, 5) is 2.43. The van der Waals surface area contributed by atoms with Gasteiger partial charge in [-0.3, -0.25) is 0 Å². The zero-order chi connectivity index (χ0) is 11.4. The van der Waals surface area contributed by atoms with Crippen LogP contribution in [0.2, 0.25) is 0 Å².